The molecule has 4 atom stereocenters. The second-order valence-electron chi connectivity index (χ2n) is 5.55. The Bertz CT molecular complexity index is 432. The lowest BCUT2D eigenvalue weighted by atomic mass is 9.96. The van der Waals surface area contributed by atoms with Crippen LogP contribution in [-0.2, 0) is 14.3 Å². The second-order valence-corrected chi connectivity index (χ2v) is 5.55. The third-order valence-corrected chi connectivity index (χ3v) is 3.84. The van der Waals surface area contributed by atoms with E-state index < -0.39 is 5.79 Å². The van der Waals surface area contributed by atoms with Crippen molar-refractivity contribution in [2.75, 3.05) is 6.54 Å². The molecule has 0 spiro atoms. The van der Waals surface area contributed by atoms with Crippen molar-refractivity contribution >= 4 is 5.91 Å². The molecule has 18 heavy (non-hydrogen) atoms. The topological polar surface area (TPSA) is 87.5 Å². The fourth-order valence-corrected chi connectivity index (χ4v) is 3.23. The van der Waals surface area contributed by atoms with Crippen LogP contribution in [0.2, 0.25) is 0 Å². The number of ether oxygens (including phenoxy) is 2. The van der Waals surface area contributed by atoms with Gasteiger partial charge in [-0.1, -0.05) is 5.11 Å². The highest BCUT2D eigenvalue weighted by molar-refractivity contribution is 5.78. The van der Waals surface area contributed by atoms with Crippen molar-refractivity contribution in [1.82, 2.24) is 4.90 Å². The number of carbonyl (C=O) groups excluding carboxylic acids is 1. The zero-order valence-corrected chi connectivity index (χ0v) is 10.4. The fraction of sp³-hybridized carbons (Fsp3) is 0.909. The van der Waals surface area contributed by atoms with Crippen LogP contribution < -0.4 is 0 Å². The molecule has 0 saturated carbocycles. The van der Waals surface area contributed by atoms with E-state index in [0.29, 0.717) is 19.4 Å². The van der Waals surface area contributed by atoms with Crippen molar-refractivity contribution in [2.24, 2.45) is 5.11 Å². The van der Waals surface area contributed by atoms with Gasteiger partial charge in [-0.25, -0.2) is 0 Å². The van der Waals surface area contributed by atoms with Crippen LogP contribution in [0.5, 0.6) is 0 Å². The Morgan fingerprint density at radius 2 is 2.28 bits per heavy atom. The van der Waals surface area contributed by atoms with Crippen LogP contribution >= 0.6 is 0 Å². The average molecular weight is 252 g/mol. The molecular weight excluding hydrogens is 236 g/mol. The van der Waals surface area contributed by atoms with Crippen molar-refractivity contribution in [3.05, 3.63) is 10.4 Å². The molecule has 0 radical (unpaired) electrons. The van der Waals surface area contributed by atoms with Crippen LogP contribution in [0.4, 0.5) is 0 Å². The van der Waals surface area contributed by atoms with E-state index in [2.05, 4.69) is 10.0 Å². The molecule has 7 heteroatoms. The monoisotopic (exact) mass is 252 g/mol. The number of hydrogen-bond donors (Lipinski definition) is 0. The summed E-state index contributed by atoms with van der Waals surface area (Å²) in [6.45, 7) is 4.34. The molecule has 0 aromatic heterocycles. The zero-order valence-electron chi connectivity index (χ0n) is 10.4. The summed E-state index contributed by atoms with van der Waals surface area (Å²) in [6.07, 6.45) is 0.805. The average Bonchev–Trinajstić information content (AvgIpc) is 2.72. The van der Waals surface area contributed by atoms with Gasteiger partial charge < -0.3 is 14.4 Å². The van der Waals surface area contributed by atoms with Gasteiger partial charge in [-0.3, -0.25) is 4.79 Å². The number of fused-ring (bicyclic) bond motifs is 3. The van der Waals surface area contributed by atoms with E-state index in [4.69, 9.17) is 15.0 Å². The summed E-state index contributed by atoms with van der Waals surface area (Å²) in [5.41, 5.74) is 8.49. The molecule has 3 aliphatic rings. The predicted molar refractivity (Wildman–Crippen MR) is 61.5 cm³/mol. The van der Waals surface area contributed by atoms with Crippen molar-refractivity contribution in [1.29, 1.82) is 0 Å². The summed E-state index contributed by atoms with van der Waals surface area (Å²) in [5.74, 6) is -0.557. The normalized spacial score (nSPS) is 41.2. The van der Waals surface area contributed by atoms with E-state index in [9.17, 15) is 4.79 Å². The molecule has 3 saturated heterocycles. The maximum absolute atomic E-state index is 12.0. The first-order chi connectivity index (χ1) is 8.50. The third-order valence-electron chi connectivity index (χ3n) is 3.84. The minimum Gasteiger partial charge on any atom is -0.343 e. The number of piperidine rings is 1. The lowest BCUT2D eigenvalue weighted by Gasteiger charge is -2.35. The second kappa shape index (κ2) is 3.85. The van der Waals surface area contributed by atoms with Gasteiger partial charge in [-0.05, 0) is 25.8 Å². The first-order valence-electron chi connectivity index (χ1n) is 6.19. The molecule has 0 aromatic rings. The Hall–Kier alpha value is -1.30. The number of azide groups is 1. The molecule has 0 aliphatic carbocycles. The molecule has 3 heterocycles. The van der Waals surface area contributed by atoms with Gasteiger partial charge in [0, 0.05) is 17.4 Å². The van der Waals surface area contributed by atoms with Gasteiger partial charge in [0.05, 0.1) is 12.6 Å². The summed E-state index contributed by atoms with van der Waals surface area (Å²) in [4.78, 5) is 16.6. The lowest BCUT2D eigenvalue weighted by molar-refractivity contribution is -0.169. The van der Waals surface area contributed by atoms with Gasteiger partial charge in [0.25, 0.3) is 0 Å². The van der Waals surface area contributed by atoms with Crippen LogP contribution in [0.3, 0.4) is 0 Å². The van der Waals surface area contributed by atoms with Gasteiger partial charge in [-0.15, -0.1) is 0 Å². The van der Waals surface area contributed by atoms with Gasteiger partial charge in [0.2, 0.25) is 5.91 Å². The number of amides is 1. The molecule has 3 rings (SSSR count). The highest BCUT2D eigenvalue weighted by Crippen LogP contribution is 2.40. The van der Waals surface area contributed by atoms with E-state index in [1.165, 1.54) is 0 Å². The van der Waals surface area contributed by atoms with Crippen LogP contribution in [-0.4, -0.2) is 47.4 Å². The van der Waals surface area contributed by atoms with Gasteiger partial charge >= 0.3 is 0 Å². The highest BCUT2D eigenvalue weighted by Gasteiger charge is 2.55. The van der Waals surface area contributed by atoms with E-state index in [1.54, 1.807) is 0 Å². The summed E-state index contributed by atoms with van der Waals surface area (Å²) in [6, 6.07) is -0.275. The minimum atomic E-state index is -0.587. The van der Waals surface area contributed by atoms with E-state index in [-0.39, 0.29) is 30.2 Å². The molecular formula is C11H16N4O3. The Labute approximate surface area is 105 Å². The zero-order chi connectivity index (χ0) is 12.9. The molecule has 3 aliphatic heterocycles. The van der Waals surface area contributed by atoms with Gasteiger partial charge in [0.15, 0.2) is 5.79 Å². The maximum atomic E-state index is 12.0. The molecule has 3 fully saturated rings. The van der Waals surface area contributed by atoms with Gasteiger partial charge in [-0.2, -0.15) is 0 Å². The summed E-state index contributed by atoms with van der Waals surface area (Å²) in [5, 5.41) is 3.68. The molecule has 0 bridgehead atoms. The van der Waals surface area contributed by atoms with Crippen LogP contribution in [0.25, 0.3) is 10.4 Å². The minimum absolute atomic E-state index is 0.0199. The van der Waals surface area contributed by atoms with Crippen molar-refractivity contribution in [3.8, 4) is 0 Å². The molecule has 1 amide bonds. The number of rotatable bonds is 1. The number of carbonyl (C=O) groups is 1. The van der Waals surface area contributed by atoms with Crippen molar-refractivity contribution in [3.63, 3.8) is 0 Å². The molecule has 0 unspecified atom stereocenters. The summed E-state index contributed by atoms with van der Waals surface area (Å²) < 4.78 is 11.7. The van der Waals surface area contributed by atoms with Crippen molar-refractivity contribution < 1.29 is 14.3 Å². The fourth-order valence-electron chi connectivity index (χ4n) is 3.23. The SMILES string of the molecule is CC1(C)O[C@H]2[C@H]3C[C@H](N=[N+]=[N-])CC(=O)N3C[C@H]2O1. The largest absolute Gasteiger partial charge is 0.343 e. The quantitative estimate of drug-likeness (QED) is 0.399. The van der Waals surface area contributed by atoms with Crippen LogP contribution in [0.15, 0.2) is 5.11 Å². The Morgan fingerprint density at radius 1 is 1.50 bits per heavy atom. The maximum Gasteiger partial charge on any atom is 0.223 e. The van der Waals surface area contributed by atoms with E-state index in [1.807, 2.05) is 18.7 Å². The summed E-state index contributed by atoms with van der Waals surface area (Å²) in [7, 11) is 0. The standard InChI is InChI=1S/C11H16N4O3/c1-11(2)17-8-5-15-7(10(8)18-11)3-6(13-14-12)4-9(15)16/h6-8,10H,3-5H2,1-2H3/t6-,7+,8+,10-/m0/s1. The molecule has 7 nitrogen and oxygen atoms in total. The Kier molecular flexibility index (Phi) is 2.52. The van der Waals surface area contributed by atoms with Crippen LogP contribution in [0, 0.1) is 0 Å². The molecule has 98 valence electrons. The Morgan fingerprint density at radius 3 is 3.00 bits per heavy atom. The number of hydrogen-bond acceptors (Lipinski definition) is 4. The first-order valence-corrected chi connectivity index (χ1v) is 6.19. The molecule has 0 aromatic carbocycles. The number of nitrogens with zero attached hydrogens (tertiary/aromatic N) is 4. The highest BCUT2D eigenvalue weighted by atomic mass is 16.8. The van der Waals surface area contributed by atoms with Gasteiger partial charge in [0.1, 0.15) is 12.2 Å². The lowest BCUT2D eigenvalue weighted by Crippen LogP contribution is -2.48. The first kappa shape index (κ1) is 11.8. The molecule has 0 N–H and O–H groups in total. The third kappa shape index (κ3) is 1.75. The summed E-state index contributed by atoms with van der Waals surface area (Å²) >= 11 is 0. The predicted octanol–water partition coefficient (Wildman–Crippen LogP) is 1.19. The van der Waals surface area contributed by atoms with E-state index >= 15 is 0 Å². The van der Waals surface area contributed by atoms with E-state index in [0.717, 1.165) is 0 Å². The van der Waals surface area contributed by atoms with Crippen molar-refractivity contribution in [2.45, 2.75) is 56.8 Å². The smallest absolute Gasteiger partial charge is 0.223 e. The van der Waals surface area contributed by atoms with Crippen LogP contribution in [0.1, 0.15) is 26.7 Å². The Balaban J connectivity index is 1.81.